The first-order chi connectivity index (χ1) is 5.57. The van der Waals surface area contributed by atoms with Gasteiger partial charge in [-0.2, -0.15) is 0 Å². The zero-order valence-electron chi connectivity index (χ0n) is 7.23. The molecular formula is C8H16O4. The minimum atomic E-state index is -0.947. The first-order valence-electron chi connectivity index (χ1n) is 4.15. The molecule has 0 aliphatic rings. The Bertz CT molecular complexity index is 135. The summed E-state index contributed by atoms with van der Waals surface area (Å²) in [5.74, 6) is -0.947. The van der Waals surface area contributed by atoms with E-state index in [0.717, 1.165) is 6.42 Å². The molecule has 0 unspecified atom stereocenters. The monoisotopic (exact) mass is 176 g/mol. The highest BCUT2D eigenvalue weighted by atomic mass is 16.4. The van der Waals surface area contributed by atoms with Crippen LogP contribution in [0.2, 0.25) is 0 Å². The van der Waals surface area contributed by atoms with Gasteiger partial charge in [0.05, 0.1) is 12.2 Å². The van der Waals surface area contributed by atoms with Crippen molar-refractivity contribution in [1.82, 2.24) is 0 Å². The molecule has 0 saturated heterocycles. The van der Waals surface area contributed by atoms with Crippen LogP contribution < -0.4 is 0 Å². The normalized spacial score (nSPS) is 15.6. The number of carbonyl (C=O) groups is 1. The topological polar surface area (TPSA) is 77.8 Å². The second-order valence-corrected chi connectivity index (χ2v) is 2.86. The summed E-state index contributed by atoms with van der Waals surface area (Å²) >= 11 is 0. The number of aliphatic carboxylic acids is 1. The highest BCUT2D eigenvalue weighted by Gasteiger charge is 2.15. The molecule has 2 atom stereocenters. The Morgan fingerprint density at radius 1 is 1.25 bits per heavy atom. The van der Waals surface area contributed by atoms with Gasteiger partial charge in [0, 0.05) is 6.42 Å². The Hall–Kier alpha value is -0.610. The average molecular weight is 176 g/mol. The third-order valence-electron chi connectivity index (χ3n) is 1.68. The van der Waals surface area contributed by atoms with Crippen LogP contribution in [-0.2, 0) is 4.79 Å². The zero-order valence-corrected chi connectivity index (χ0v) is 7.23. The van der Waals surface area contributed by atoms with Gasteiger partial charge in [0.1, 0.15) is 0 Å². The molecule has 0 aromatic heterocycles. The van der Waals surface area contributed by atoms with E-state index in [1.54, 1.807) is 0 Å². The summed E-state index contributed by atoms with van der Waals surface area (Å²) in [7, 11) is 0. The highest BCUT2D eigenvalue weighted by Crippen LogP contribution is 2.07. The van der Waals surface area contributed by atoms with E-state index < -0.39 is 18.2 Å². The van der Waals surface area contributed by atoms with Gasteiger partial charge in [-0.3, -0.25) is 4.79 Å². The lowest BCUT2D eigenvalue weighted by Crippen LogP contribution is -2.26. The molecule has 0 rings (SSSR count). The highest BCUT2D eigenvalue weighted by molar-refractivity contribution is 5.66. The maximum absolute atomic E-state index is 10.1. The summed E-state index contributed by atoms with van der Waals surface area (Å²) in [6.07, 6.45) is -0.361. The van der Waals surface area contributed by atoms with E-state index in [1.807, 2.05) is 6.92 Å². The van der Waals surface area contributed by atoms with E-state index in [0.29, 0.717) is 6.42 Å². The molecule has 0 bridgehead atoms. The fraction of sp³-hybridized carbons (Fsp3) is 0.875. The van der Waals surface area contributed by atoms with Crippen molar-refractivity contribution in [3.8, 4) is 0 Å². The second kappa shape index (κ2) is 5.97. The number of aliphatic hydroxyl groups is 2. The molecule has 0 radical (unpaired) electrons. The maximum Gasteiger partial charge on any atom is 0.303 e. The van der Waals surface area contributed by atoms with Gasteiger partial charge in [0.2, 0.25) is 0 Å². The molecule has 0 aromatic carbocycles. The van der Waals surface area contributed by atoms with Crippen LogP contribution in [0.4, 0.5) is 0 Å². The zero-order chi connectivity index (χ0) is 9.56. The van der Waals surface area contributed by atoms with Crippen LogP contribution in [0.25, 0.3) is 0 Å². The van der Waals surface area contributed by atoms with Crippen LogP contribution in [0, 0.1) is 0 Å². The van der Waals surface area contributed by atoms with Crippen LogP contribution in [0.15, 0.2) is 0 Å². The fourth-order valence-electron chi connectivity index (χ4n) is 0.952. The van der Waals surface area contributed by atoms with E-state index in [1.165, 1.54) is 0 Å². The molecule has 0 heterocycles. The van der Waals surface area contributed by atoms with E-state index in [9.17, 15) is 15.0 Å². The number of hydrogen-bond acceptors (Lipinski definition) is 3. The number of hydrogen-bond donors (Lipinski definition) is 3. The summed E-state index contributed by atoms with van der Waals surface area (Å²) < 4.78 is 0. The number of aliphatic hydroxyl groups excluding tert-OH is 2. The molecule has 3 N–H and O–H groups in total. The average Bonchev–Trinajstić information content (AvgIpc) is 2.00. The molecule has 0 saturated carbocycles. The predicted octanol–water partition coefficient (Wildman–Crippen LogP) is 0.373. The van der Waals surface area contributed by atoms with E-state index in [-0.39, 0.29) is 12.8 Å². The fourth-order valence-corrected chi connectivity index (χ4v) is 0.952. The molecule has 0 fully saturated rings. The summed E-state index contributed by atoms with van der Waals surface area (Å²) in [6.45, 7) is 1.90. The predicted molar refractivity (Wildman–Crippen MR) is 43.8 cm³/mol. The Morgan fingerprint density at radius 3 is 2.17 bits per heavy atom. The van der Waals surface area contributed by atoms with Crippen LogP contribution in [0.1, 0.15) is 32.6 Å². The van der Waals surface area contributed by atoms with Crippen molar-refractivity contribution < 1.29 is 20.1 Å². The van der Waals surface area contributed by atoms with Gasteiger partial charge in [-0.15, -0.1) is 0 Å². The Labute approximate surface area is 71.8 Å². The van der Waals surface area contributed by atoms with E-state index in [2.05, 4.69) is 0 Å². The van der Waals surface area contributed by atoms with Gasteiger partial charge < -0.3 is 15.3 Å². The first-order valence-corrected chi connectivity index (χ1v) is 4.15. The third kappa shape index (κ3) is 5.09. The lowest BCUT2D eigenvalue weighted by atomic mass is 10.0. The third-order valence-corrected chi connectivity index (χ3v) is 1.68. The molecule has 0 aliphatic heterocycles. The number of carboxylic acids is 1. The summed E-state index contributed by atoms with van der Waals surface area (Å²) in [5, 5.41) is 26.7. The van der Waals surface area contributed by atoms with E-state index in [4.69, 9.17) is 5.11 Å². The van der Waals surface area contributed by atoms with Gasteiger partial charge in [-0.05, 0) is 12.8 Å². The van der Waals surface area contributed by atoms with Crippen LogP contribution in [0.5, 0.6) is 0 Å². The van der Waals surface area contributed by atoms with Crippen LogP contribution in [-0.4, -0.2) is 33.5 Å². The largest absolute Gasteiger partial charge is 0.481 e. The standard InChI is InChI=1S/C8H16O4/c1-2-3-6(9)7(10)4-5-8(11)12/h6-7,9-10H,2-5H2,1H3,(H,11,12)/t6-,7+/m0/s1. The minimum Gasteiger partial charge on any atom is -0.481 e. The van der Waals surface area contributed by atoms with Crippen molar-refractivity contribution in [2.75, 3.05) is 0 Å². The van der Waals surface area contributed by atoms with Gasteiger partial charge in [-0.1, -0.05) is 13.3 Å². The van der Waals surface area contributed by atoms with Crippen molar-refractivity contribution >= 4 is 5.97 Å². The quantitative estimate of drug-likeness (QED) is 0.546. The molecule has 4 heteroatoms. The summed E-state index contributed by atoms with van der Waals surface area (Å²) in [4.78, 5) is 10.1. The smallest absolute Gasteiger partial charge is 0.303 e. The Kier molecular flexibility index (Phi) is 5.66. The van der Waals surface area contributed by atoms with Crippen molar-refractivity contribution in [2.24, 2.45) is 0 Å². The molecule has 0 amide bonds. The second-order valence-electron chi connectivity index (χ2n) is 2.86. The van der Waals surface area contributed by atoms with Crippen molar-refractivity contribution in [3.05, 3.63) is 0 Å². The van der Waals surface area contributed by atoms with Gasteiger partial charge in [-0.25, -0.2) is 0 Å². The molecular weight excluding hydrogens is 160 g/mol. The SMILES string of the molecule is CCC[C@H](O)[C@H](O)CCC(=O)O. The minimum absolute atomic E-state index is 0.0953. The molecule has 72 valence electrons. The molecule has 0 spiro atoms. The van der Waals surface area contributed by atoms with Gasteiger partial charge in [0.15, 0.2) is 0 Å². The number of rotatable bonds is 6. The first kappa shape index (κ1) is 11.4. The lowest BCUT2D eigenvalue weighted by Gasteiger charge is -2.15. The Morgan fingerprint density at radius 2 is 1.75 bits per heavy atom. The molecule has 12 heavy (non-hydrogen) atoms. The van der Waals surface area contributed by atoms with Crippen LogP contribution >= 0.6 is 0 Å². The van der Waals surface area contributed by atoms with Crippen LogP contribution in [0.3, 0.4) is 0 Å². The molecule has 0 aromatic rings. The summed E-state index contributed by atoms with van der Waals surface area (Å²) in [5.41, 5.74) is 0. The molecule has 0 aliphatic carbocycles. The van der Waals surface area contributed by atoms with E-state index >= 15 is 0 Å². The lowest BCUT2D eigenvalue weighted by molar-refractivity contribution is -0.138. The maximum atomic E-state index is 10.1. The van der Waals surface area contributed by atoms with Crippen molar-refractivity contribution in [3.63, 3.8) is 0 Å². The number of carboxylic acid groups (broad SMARTS) is 1. The van der Waals surface area contributed by atoms with Gasteiger partial charge in [0.25, 0.3) is 0 Å². The Balaban J connectivity index is 3.55. The molecule has 4 nitrogen and oxygen atoms in total. The van der Waals surface area contributed by atoms with Gasteiger partial charge >= 0.3 is 5.97 Å². The van der Waals surface area contributed by atoms with Crippen molar-refractivity contribution in [2.45, 2.75) is 44.8 Å². The van der Waals surface area contributed by atoms with Crippen molar-refractivity contribution in [1.29, 1.82) is 0 Å². The summed E-state index contributed by atoms with van der Waals surface area (Å²) in [6, 6.07) is 0.